The number of benzene rings is 1. The Balaban J connectivity index is 1.39. The molecule has 1 heterocycles. The second kappa shape index (κ2) is 10.1. The SMILES string of the molecule is CN(C(=O)Oc1ccc(Cl)cc1)[C@H]1CC[C@H](C=CCN2CCCCC2)CC1. The van der Waals surface area contributed by atoms with E-state index in [1.54, 1.807) is 29.2 Å². The van der Waals surface area contributed by atoms with Crippen molar-refractivity contribution in [1.82, 2.24) is 9.80 Å². The fourth-order valence-electron chi connectivity index (χ4n) is 4.05. The zero-order valence-corrected chi connectivity index (χ0v) is 17.0. The van der Waals surface area contributed by atoms with Crippen molar-refractivity contribution < 1.29 is 9.53 Å². The van der Waals surface area contributed by atoms with Gasteiger partial charge in [-0.1, -0.05) is 30.2 Å². The van der Waals surface area contributed by atoms with Gasteiger partial charge in [-0.15, -0.1) is 0 Å². The number of piperidine rings is 1. The van der Waals surface area contributed by atoms with Crippen LogP contribution in [0.15, 0.2) is 36.4 Å². The Morgan fingerprint density at radius 3 is 2.48 bits per heavy atom. The van der Waals surface area contributed by atoms with Crippen LogP contribution in [0.4, 0.5) is 4.79 Å². The van der Waals surface area contributed by atoms with Gasteiger partial charge in [0.25, 0.3) is 0 Å². The number of hydrogen-bond donors (Lipinski definition) is 0. The summed E-state index contributed by atoms with van der Waals surface area (Å²) in [5.74, 6) is 1.18. The van der Waals surface area contributed by atoms with E-state index in [9.17, 15) is 4.79 Å². The van der Waals surface area contributed by atoms with E-state index >= 15 is 0 Å². The molecule has 0 atom stereocenters. The molecule has 2 aliphatic rings. The first-order valence-electron chi connectivity index (χ1n) is 10.2. The molecule has 1 amide bonds. The number of likely N-dealkylation sites (tertiary alicyclic amines) is 1. The molecule has 0 unspecified atom stereocenters. The van der Waals surface area contributed by atoms with Crippen LogP contribution in [0.1, 0.15) is 44.9 Å². The van der Waals surface area contributed by atoms with Crippen molar-refractivity contribution in [2.45, 2.75) is 51.0 Å². The fraction of sp³-hybridized carbons (Fsp3) is 0.591. The number of amides is 1. The van der Waals surface area contributed by atoms with Gasteiger partial charge in [0.05, 0.1) is 0 Å². The predicted molar refractivity (Wildman–Crippen MR) is 110 cm³/mol. The first kappa shape index (κ1) is 20.2. The molecule has 0 spiro atoms. The number of ether oxygens (including phenoxy) is 1. The van der Waals surface area contributed by atoms with Crippen molar-refractivity contribution in [2.24, 2.45) is 5.92 Å². The van der Waals surface area contributed by atoms with E-state index in [0.29, 0.717) is 16.7 Å². The minimum Gasteiger partial charge on any atom is -0.410 e. The van der Waals surface area contributed by atoms with Gasteiger partial charge in [-0.05, 0) is 81.8 Å². The molecule has 1 saturated carbocycles. The first-order chi connectivity index (χ1) is 13.1. The lowest BCUT2D eigenvalue weighted by molar-refractivity contribution is 0.128. The highest BCUT2D eigenvalue weighted by atomic mass is 35.5. The van der Waals surface area contributed by atoms with Gasteiger partial charge in [-0.25, -0.2) is 4.79 Å². The van der Waals surface area contributed by atoms with Crippen molar-refractivity contribution >= 4 is 17.7 Å². The second-order valence-electron chi connectivity index (χ2n) is 7.79. The Morgan fingerprint density at radius 1 is 1.15 bits per heavy atom. The van der Waals surface area contributed by atoms with Crippen LogP contribution in [0.3, 0.4) is 0 Å². The Hall–Kier alpha value is -1.52. The van der Waals surface area contributed by atoms with Crippen LogP contribution in [0.2, 0.25) is 5.02 Å². The smallest absolute Gasteiger partial charge is 0.410 e. The van der Waals surface area contributed by atoms with Crippen LogP contribution in [-0.4, -0.2) is 48.6 Å². The molecule has 1 saturated heterocycles. The highest BCUT2D eigenvalue weighted by molar-refractivity contribution is 6.30. The van der Waals surface area contributed by atoms with Crippen LogP contribution in [0, 0.1) is 5.92 Å². The van der Waals surface area contributed by atoms with E-state index in [1.165, 1.54) is 32.4 Å². The summed E-state index contributed by atoms with van der Waals surface area (Å²) in [6.07, 6.45) is 12.9. The lowest BCUT2D eigenvalue weighted by Crippen LogP contribution is -2.40. The lowest BCUT2D eigenvalue weighted by atomic mass is 9.85. The summed E-state index contributed by atoms with van der Waals surface area (Å²) in [6, 6.07) is 7.16. The van der Waals surface area contributed by atoms with E-state index in [-0.39, 0.29) is 12.1 Å². The fourth-order valence-corrected chi connectivity index (χ4v) is 4.18. The van der Waals surface area contributed by atoms with E-state index < -0.39 is 0 Å². The number of carbonyl (C=O) groups excluding carboxylic acids is 1. The average molecular weight is 391 g/mol. The van der Waals surface area contributed by atoms with Gasteiger partial charge < -0.3 is 9.64 Å². The van der Waals surface area contributed by atoms with Crippen LogP contribution in [-0.2, 0) is 0 Å². The van der Waals surface area contributed by atoms with E-state index in [1.807, 2.05) is 7.05 Å². The number of rotatable bonds is 5. The summed E-state index contributed by atoms with van der Waals surface area (Å²) in [4.78, 5) is 16.7. The highest BCUT2D eigenvalue weighted by Crippen LogP contribution is 2.28. The van der Waals surface area contributed by atoms with E-state index in [4.69, 9.17) is 16.3 Å². The van der Waals surface area contributed by atoms with Crippen molar-refractivity contribution in [3.05, 3.63) is 41.4 Å². The zero-order valence-electron chi connectivity index (χ0n) is 16.3. The normalized spacial score (nSPS) is 24.1. The molecule has 2 fully saturated rings. The third-order valence-corrected chi connectivity index (χ3v) is 6.07. The van der Waals surface area contributed by atoms with Gasteiger partial charge in [-0.2, -0.15) is 0 Å². The minimum absolute atomic E-state index is 0.261. The summed E-state index contributed by atoms with van der Waals surface area (Å²) < 4.78 is 5.45. The van der Waals surface area contributed by atoms with Crippen LogP contribution >= 0.6 is 11.6 Å². The molecule has 1 aromatic rings. The summed E-state index contributed by atoms with van der Waals surface area (Å²) in [5.41, 5.74) is 0. The molecule has 0 bridgehead atoms. The Bertz CT molecular complexity index is 618. The van der Waals surface area contributed by atoms with Crippen molar-refractivity contribution in [3.63, 3.8) is 0 Å². The predicted octanol–water partition coefficient (Wildman–Crippen LogP) is 5.37. The summed E-state index contributed by atoms with van der Waals surface area (Å²) >= 11 is 5.87. The van der Waals surface area contributed by atoms with Crippen LogP contribution < -0.4 is 4.74 Å². The standard InChI is InChI=1S/C22H31ClN2O2/c1-24(22(26)27-21-13-9-19(23)10-14-21)20-11-7-18(8-12-20)6-5-17-25-15-3-2-4-16-25/h5-6,9-10,13-14,18,20H,2-4,7-8,11-12,15-17H2,1H3/t18-,20-. The maximum atomic E-state index is 12.4. The summed E-state index contributed by atoms with van der Waals surface area (Å²) in [5, 5.41) is 0.634. The van der Waals surface area contributed by atoms with Gasteiger partial charge in [0.15, 0.2) is 0 Å². The number of allylic oxidation sites excluding steroid dienone is 1. The maximum Gasteiger partial charge on any atom is 0.415 e. The number of nitrogens with zero attached hydrogens (tertiary/aromatic N) is 2. The minimum atomic E-state index is -0.290. The summed E-state index contributed by atoms with van der Waals surface area (Å²) in [7, 11) is 1.84. The molecule has 1 aromatic carbocycles. The quantitative estimate of drug-likeness (QED) is 0.633. The molecule has 5 heteroatoms. The monoisotopic (exact) mass is 390 g/mol. The van der Waals surface area contributed by atoms with E-state index in [0.717, 1.165) is 32.2 Å². The number of carbonyl (C=O) groups is 1. The number of hydrogen-bond acceptors (Lipinski definition) is 3. The van der Waals surface area contributed by atoms with Gasteiger partial charge >= 0.3 is 6.09 Å². The highest BCUT2D eigenvalue weighted by Gasteiger charge is 2.26. The molecule has 148 valence electrons. The molecule has 3 rings (SSSR count). The largest absolute Gasteiger partial charge is 0.415 e. The molecule has 1 aliphatic heterocycles. The molecule has 27 heavy (non-hydrogen) atoms. The zero-order chi connectivity index (χ0) is 19.1. The lowest BCUT2D eigenvalue weighted by Gasteiger charge is -2.33. The van der Waals surface area contributed by atoms with Gasteiger partial charge in [0.1, 0.15) is 5.75 Å². The topological polar surface area (TPSA) is 32.8 Å². The van der Waals surface area contributed by atoms with E-state index in [2.05, 4.69) is 17.1 Å². The molecular weight excluding hydrogens is 360 g/mol. The van der Waals surface area contributed by atoms with Crippen LogP contribution in [0.5, 0.6) is 5.75 Å². The van der Waals surface area contributed by atoms with Gasteiger partial charge in [0, 0.05) is 24.7 Å². The maximum absolute atomic E-state index is 12.4. The van der Waals surface area contributed by atoms with Gasteiger partial charge in [0.2, 0.25) is 0 Å². The Morgan fingerprint density at radius 2 is 1.81 bits per heavy atom. The average Bonchev–Trinajstić information content (AvgIpc) is 2.70. The van der Waals surface area contributed by atoms with Crippen LogP contribution in [0.25, 0.3) is 0 Å². The second-order valence-corrected chi connectivity index (χ2v) is 8.23. The molecule has 4 nitrogen and oxygen atoms in total. The van der Waals surface area contributed by atoms with Gasteiger partial charge in [-0.3, -0.25) is 4.90 Å². The molecule has 0 N–H and O–H groups in total. The molecular formula is C22H31ClN2O2. The molecule has 0 aromatic heterocycles. The summed E-state index contributed by atoms with van der Waals surface area (Å²) in [6.45, 7) is 3.59. The Labute approximate surface area is 168 Å². The molecule has 0 radical (unpaired) electrons. The van der Waals surface area contributed by atoms with Crippen molar-refractivity contribution in [3.8, 4) is 5.75 Å². The first-order valence-corrected chi connectivity index (χ1v) is 10.6. The third-order valence-electron chi connectivity index (χ3n) is 5.82. The third kappa shape index (κ3) is 6.25. The van der Waals surface area contributed by atoms with Crippen molar-refractivity contribution in [2.75, 3.05) is 26.7 Å². The Kier molecular flexibility index (Phi) is 7.59. The molecule has 1 aliphatic carbocycles. The number of halogens is 1. The van der Waals surface area contributed by atoms with Crippen molar-refractivity contribution in [1.29, 1.82) is 0 Å².